The quantitative estimate of drug-likeness (QED) is 0.736. The van der Waals surface area contributed by atoms with Gasteiger partial charge < -0.3 is 10.8 Å². The summed E-state index contributed by atoms with van der Waals surface area (Å²) >= 11 is 0. The number of hydrogen-bond donors (Lipinski definition) is 3. The lowest BCUT2D eigenvalue weighted by molar-refractivity contribution is 0.210. The number of nitrogens with one attached hydrogen (secondary N) is 1. The third-order valence-corrected chi connectivity index (χ3v) is 2.39. The highest BCUT2D eigenvalue weighted by molar-refractivity contribution is 5.83. The van der Waals surface area contributed by atoms with E-state index < -0.39 is 6.09 Å². The van der Waals surface area contributed by atoms with Crippen molar-refractivity contribution < 1.29 is 9.90 Å². The minimum atomic E-state index is -1.10. The Morgan fingerprint density at radius 1 is 1.26 bits per heavy atom. The first-order valence-electron chi connectivity index (χ1n) is 5.63. The van der Waals surface area contributed by atoms with E-state index in [1.54, 1.807) is 24.4 Å². The Morgan fingerprint density at radius 3 is 2.84 bits per heavy atom. The van der Waals surface area contributed by atoms with Crippen LogP contribution in [0.2, 0.25) is 0 Å². The number of nitrogens with two attached hydrogens (primary N) is 1. The van der Waals surface area contributed by atoms with Gasteiger partial charge in [0.15, 0.2) is 0 Å². The van der Waals surface area contributed by atoms with E-state index >= 15 is 0 Å². The van der Waals surface area contributed by atoms with Gasteiger partial charge in [0, 0.05) is 17.6 Å². The number of benzene rings is 1. The zero-order chi connectivity index (χ0) is 13.7. The standard InChI is InChI=1S/C14H13N3O2/c15-11-3-1-2-10(8-11)4-5-12-9-13(6-7-16-12)17-14(18)19/h1-9H,15H2,(H,16,17)(H,18,19). The lowest BCUT2D eigenvalue weighted by Gasteiger charge is -2.01. The summed E-state index contributed by atoms with van der Waals surface area (Å²) in [5, 5.41) is 10.9. The van der Waals surface area contributed by atoms with E-state index in [1.807, 2.05) is 30.3 Å². The first-order chi connectivity index (χ1) is 9.13. The summed E-state index contributed by atoms with van der Waals surface area (Å²) in [5.74, 6) is 0. The van der Waals surface area contributed by atoms with E-state index in [0.717, 1.165) is 5.56 Å². The number of nitrogens with zero attached hydrogens (tertiary/aromatic N) is 1. The maximum absolute atomic E-state index is 10.5. The van der Waals surface area contributed by atoms with Crippen molar-refractivity contribution in [3.63, 3.8) is 0 Å². The molecule has 0 saturated heterocycles. The normalized spacial score (nSPS) is 10.5. The molecule has 0 fully saturated rings. The van der Waals surface area contributed by atoms with Crippen LogP contribution in [0.3, 0.4) is 0 Å². The molecule has 19 heavy (non-hydrogen) atoms. The van der Waals surface area contributed by atoms with Gasteiger partial charge in [0.1, 0.15) is 0 Å². The highest BCUT2D eigenvalue weighted by Crippen LogP contribution is 2.13. The van der Waals surface area contributed by atoms with Crippen LogP contribution in [0.5, 0.6) is 0 Å². The second-order valence-electron chi connectivity index (χ2n) is 3.90. The third-order valence-electron chi connectivity index (χ3n) is 2.39. The number of hydrogen-bond acceptors (Lipinski definition) is 3. The van der Waals surface area contributed by atoms with E-state index in [2.05, 4.69) is 10.3 Å². The van der Waals surface area contributed by atoms with Crippen molar-refractivity contribution in [3.05, 3.63) is 53.9 Å². The summed E-state index contributed by atoms with van der Waals surface area (Å²) in [7, 11) is 0. The maximum atomic E-state index is 10.5. The molecule has 0 aliphatic carbocycles. The van der Waals surface area contributed by atoms with Gasteiger partial charge in [-0.05, 0) is 35.9 Å². The fourth-order valence-corrected chi connectivity index (χ4v) is 1.58. The van der Waals surface area contributed by atoms with Crippen molar-refractivity contribution in [1.82, 2.24) is 4.98 Å². The fraction of sp³-hybridized carbons (Fsp3) is 0. The van der Waals surface area contributed by atoms with Crippen LogP contribution in [-0.2, 0) is 0 Å². The van der Waals surface area contributed by atoms with Crippen LogP contribution < -0.4 is 11.1 Å². The Labute approximate surface area is 110 Å². The van der Waals surface area contributed by atoms with E-state index in [0.29, 0.717) is 17.1 Å². The van der Waals surface area contributed by atoms with Gasteiger partial charge in [0.05, 0.1) is 5.69 Å². The van der Waals surface area contributed by atoms with Gasteiger partial charge in [-0.15, -0.1) is 0 Å². The van der Waals surface area contributed by atoms with Gasteiger partial charge in [-0.3, -0.25) is 10.3 Å². The summed E-state index contributed by atoms with van der Waals surface area (Å²) in [6.07, 6.45) is 4.10. The molecule has 0 spiro atoms. The maximum Gasteiger partial charge on any atom is 0.409 e. The number of carbonyl (C=O) groups is 1. The van der Waals surface area contributed by atoms with Crippen LogP contribution in [0.1, 0.15) is 11.3 Å². The SMILES string of the molecule is Nc1cccc(C=Cc2cc(NC(=O)O)ccn2)c1. The minimum absolute atomic E-state index is 0.481. The largest absolute Gasteiger partial charge is 0.465 e. The second kappa shape index (κ2) is 5.68. The van der Waals surface area contributed by atoms with Crippen molar-refractivity contribution in [1.29, 1.82) is 0 Å². The monoisotopic (exact) mass is 255 g/mol. The molecule has 0 atom stereocenters. The highest BCUT2D eigenvalue weighted by atomic mass is 16.4. The summed E-state index contributed by atoms with van der Waals surface area (Å²) in [4.78, 5) is 14.7. The molecule has 5 nitrogen and oxygen atoms in total. The van der Waals surface area contributed by atoms with Crippen LogP contribution in [0.15, 0.2) is 42.6 Å². The Balaban J connectivity index is 2.16. The summed E-state index contributed by atoms with van der Waals surface area (Å²) in [5.41, 5.74) is 8.47. The van der Waals surface area contributed by atoms with Gasteiger partial charge in [-0.25, -0.2) is 4.79 Å². The van der Waals surface area contributed by atoms with Gasteiger partial charge in [0.2, 0.25) is 0 Å². The molecule has 2 rings (SSSR count). The van der Waals surface area contributed by atoms with Crippen molar-refractivity contribution in [2.45, 2.75) is 0 Å². The van der Waals surface area contributed by atoms with Crippen LogP contribution in [0.4, 0.5) is 16.2 Å². The number of amides is 1. The molecule has 2 aromatic rings. The molecule has 0 bridgehead atoms. The summed E-state index contributed by atoms with van der Waals surface area (Å²) < 4.78 is 0. The van der Waals surface area contributed by atoms with Crippen molar-refractivity contribution in [2.24, 2.45) is 0 Å². The van der Waals surface area contributed by atoms with Crippen molar-refractivity contribution >= 4 is 29.6 Å². The van der Waals surface area contributed by atoms with Crippen LogP contribution in [0, 0.1) is 0 Å². The number of carboxylic acid groups (broad SMARTS) is 1. The number of nitrogen functional groups attached to an aromatic ring is 1. The van der Waals surface area contributed by atoms with Gasteiger partial charge in [-0.2, -0.15) is 0 Å². The number of rotatable bonds is 3. The Hall–Kier alpha value is -2.82. The highest BCUT2D eigenvalue weighted by Gasteiger charge is 1.98. The third kappa shape index (κ3) is 3.85. The molecule has 4 N–H and O–H groups in total. The average molecular weight is 255 g/mol. The predicted molar refractivity (Wildman–Crippen MR) is 75.7 cm³/mol. The van der Waals surface area contributed by atoms with Crippen molar-refractivity contribution in [3.8, 4) is 0 Å². The topological polar surface area (TPSA) is 88.2 Å². The first-order valence-corrected chi connectivity index (χ1v) is 5.63. The van der Waals surface area contributed by atoms with Gasteiger partial charge >= 0.3 is 6.09 Å². The van der Waals surface area contributed by atoms with Crippen LogP contribution in [0.25, 0.3) is 12.2 Å². The molecule has 0 aliphatic rings. The number of anilines is 2. The molecule has 96 valence electrons. The molecular formula is C14H13N3O2. The number of aromatic nitrogens is 1. The van der Waals surface area contributed by atoms with Gasteiger partial charge in [-0.1, -0.05) is 18.2 Å². The zero-order valence-electron chi connectivity index (χ0n) is 10.1. The average Bonchev–Trinajstić information content (AvgIpc) is 2.36. The van der Waals surface area contributed by atoms with Gasteiger partial charge in [0.25, 0.3) is 0 Å². The summed E-state index contributed by atoms with van der Waals surface area (Å²) in [6, 6.07) is 10.7. The Morgan fingerprint density at radius 2 is 2.11 bits per heavy atom. The molecule has 0 saturated carbocycles. The Bertz CT molecular complexity index is 624. The van der Waals surface area contributed by atoms with Crippen LogP contribution in [-0.4, -0.2) is 16.2 Å². The van der Waals surface area contributed by atoms with Crippen molar-refractivity contribution in [2.75, 3.05) is 11.1 Å². The predicted octanol–water partition coefficient (Wildman–Crippen LogP) is 2.92. The number of pyridine rings is 1. The smallest absolute Gasteiger partial charge is 0.409 e. The molecular weight excluding hydrogens is 242 g/mol. The summed E-state index contributed by atoms with van der Waals surface area (Å²) in [6.45, 7) is 0. The van der Waals surface area contributed by atoms with E-state index in [-0.39, 0.29) is 0 Å². The Kier molecular flexibility index (Phi) is 3.78. The van der Waals surface area contributed by atoms with E-state index in [4.69, 9.17) is 10.8 Å². The molecule has 1 heterocycles. The minimum Gasteiger partial charge on any atom is -0.465 e. The van der Waals surface area contributed by atoms with E-state index in [9.17, 15) is 4.79 Å². The molecule has 0 unspecified atom stereocenters. The zero-order valence-corrected chi connectivity index (χ0v) is 10.1. The molecule has 1 aromatic heterocycles. The van der Waals surface area contributed by atoms with Crippen LogP contribution >= 0.6 is 0 Å². The first kappa shape index (κ1) is 12.6. The fourth-order valence-electron chi connectivity index (χ4n) is 1.58. The molecule has 0 aliphatic heterocycles. The molecule has 5 heteroatoms. The molecule has 1 amide bonds. The van der Waals surface area contributed by atoms with E-state index in [1.165, 1.54) is 0 Å². The lowest BCUT2D eigenvalue weighted by atomic mass is 10.1. The second-order valence-corrected chi connectivity index (χ2v) is 3.90. The lowest BCUT2D eigenvalue weighted by Crippen LogP contribution is -2.07. The molecule has 0 radical (unpaired) electrons. The molecule has 1 aromatic carbocycles.